The maximum absolute atomic E-state index is 12.8. The Balaban J connectivity index is 1.29. The summed E-state index contributed by atoms with van der Waals surface area (Å²) < 4.78 is 5.00. The molecule has 4 rings (SSSR count). The Morgan fingerprint density at radius 2 is 1.96 bits per heavy atom. The average Bonchev–Trinajstić information content (AvgIpc) is 3.02. The van der Waals surface area contributed by atoms with E-state index in [9.17, 15) is 9.59 Å². The van der Waals surface area contributed by atoms with Gasteiger partial charge in [-0.05, 0) is 43.2 Å². The molecular weight excluding hydrogens is 342 g/mol. The molecule has 3 fully saturated rings. The summed E-state index contributed by atoms with van der Waals surface area (Å²) in [6.07, 6.45) is 5.04. The molecule has 27 heavy (non-hydrogen) atoms. The van der Waals surface area contributed by atoms with Crippen molar-refractivity contribution in [2.75, 3.05) is 19.7 Å². The third kappa shape index (κ3) is 3.54. The van der Waals surface area contributed by atoms with Gasteiger partial charge < -0.3 is 15.0 Å². The number of ether oxygens (including phenoxy) is 1. The second-order valence-corrected chi connectivity index (χ2v) is 9.41. The minimum Gasteiger partial charge on any atom is -0.447 e. The zero-order chi connectivity index (χ0) is 19.2. The maximum atomic E-state index is 12.8. The van der Waals surface area contributed by atoms with E-state index in [0.29, 0.717) is 25.4 Å². The second-order valence-electron chi connectivity index (χ2n) is 9.41. The van der Waals surface area contributed by atoms with Crippen molar-refractivity contribution in [2.45, 2.75) is 63.3 Å². The van der Waals surface area contributed by atoms with Crippen LogP contribution in [0.15, 0.2) is 18.3 Å². The van der Waals surface area contributed by atoms with Crippen LogP contribution in [0.3, 0.4) is 0 Å². The number of carbonyl (C=O) groups excluding carboxylic acids is 2. The quantitative estimate of drug-likeness (QED) is 0.868. The van der Waals surface area contributed by atoms with Crippen molar-refractivity contribution in [3.63, 3.8) is 0 Å². The molecule has 0 atom stereocenters. The number of hydrogen-bond donors (Lipinski definition) is 1. The Bertz CT molecular complexity index is 724. The number of hydrogen-bond acceptors (Lipinski definition) is 4. The number of nitrogens with one attached hydrogen (secondary N) is 1. The van der Waals surface area contributed by atoms with E-state index in [1.807, 2.05) is 11.1 Å². The molecule has 0 radical (unpaired) electrons. The molecule has 1 aromatic heterocycles. The van der Waals surface area contributed by atoms with Gasteiger partial charge in [-0.2, -0.15) is 0 Å². The summed E-state index contributed by atoms with van der Waals surface area (Å²) in [7, 11) is 0. The SMILES string of the molecule is CC(C)(C)c1ccc(C2CCN(C(=O)C3CC4(COC(=O)N4)C3)CC2)cn1. The van der Waals surface area contributed by atoms with Gasteiger partial charge in [0.25, 0.3) is 0 Å². The van der Waals surface area contributed by atoms with E-state index in [2.05, 4.69) is 43.2 Å². The van der Waals surface area contributed by atoms with Crippen LogP contribution in [-0.2, 0) is 14.9 Å². The van der Waals surface area contributed by atoms with E-state index < -0.39 is 0 Å². The highest BCUT2D eigenvalue weighted by Crippen LogP contribution is 2.42. The smallest absolute Gasteiger partial charge is 0.407 e. The molecule has 146 valence electrons. The van der Waals surface area contributed by atoms with Crippen molar-refractivity contribution in [3.8, 4) is 0 Å². The Labute approximate surface area is 160 Å². The topological polar surface area (TPSA) is 71.5 Å². The van der Waals surface area contributed by atoms with Crippen molar-refractivity contribution >= 4 is 12.0 Å². The van der Waals surface area contributed by atoms with Gasteiger partial charge in [0.15, 0.2) is 0 Å². The lowest BCUT2D eigenvalue weighted by Gasteiger charge is -2.45. The van der Waals surface area contributed by atoms with Gasteiger partial charge in [-0.1, -0.05) is 26.8 Å². The molecule has 2 amide bonds. The first-order valence-corrected chi connectivity index (χ1v) is 9.96. The van der Waals surface area contributed by atoms with E-state index >= 15 is 0 Å². The number of likely N-dealkylation sites (tertiary alicyclic amines) is 1. The van der Waals surface area contributed by atoms with Crippen LogP contribution < -0.4 is 5.32 Å². The van der Waals surface area contributed by atoms with Crippen molar-refractivity contribution in [1.29, 1.82) is 0 Å². The third-order valence-electron chi connectivity index (χ3n) is 6.30. The predicted octanol–water partition coefficient (Wildman–Crippen LogP) is 2.97. The van der Waals surface area contributed by atoms with Gasteiger partial charge in [-0.15, -0.1) is 0 Å². The number of alkyl carbamates (subject to hydrolysis) is 1. The minimum absolute atomic E-state index is 0.0243. The number of pyridine rings is 1. The summed E-state index contributed by atoms with van der Waals surface area (Å²) in [5.74, 6) is 0.739. The molecule has 2 aliphatic heterocycles. The van der Waals surface area contributed by atoms with Crippen molar-refractivity contribution in [1.82, 2.24) is 15.2 Å². The molecule has 6 nitrogen and oxygen atoms in total. The fourth-order valence-electron chi connectivity index (χ4n) is 4.55. The summed E-state index contributed by atoms with van der Waals surface area (Å²) >= 11 is 0. The van der Waals surface area contributed by atoms with Crippen molar-refractivity contribution in [3.05, 3.63) is 29.6 Å². The minimum atomic E-state index is -0.354. The first-order valence-electron chi connectivity index (χ1n) is 9.96. The predicted molar refractivity (Wildman–Crippen MR) is 101 cm³/mol. The zero-order valence-corrected chi connectivity index (χ0v) is 16.5. The lowest BCUT2D eigenvalue weighted by Crippen LogP contribution is -2.58. The van der Waals surface area contributed by atoms with E-state index in [-0.39, 0.29) is 28.9 Å². The number of aromatic nitrogens is 1. The lowest BCUT2D eigenvalue weighted by atomic mass is 9.68. The fraction of sp³-hybridized carbons (Fsp3) is 0.667. The largest absolute Gasteiger partial charge is 0.447 e. The average molecular weight is 371 g/mol. The molecule has 6 heteroatoms. The van der Waals surface area contributed by atoms with Gasteiger partial charge in [0.2, 0.25) is 5.91 Å². The van der Waals surface area contributed by atoms with Gasteiger partial charge >= 0.3 is 6.09 Å². The van der Waals surface area contributed by atoms with Crippen LogP contribution in [0.1, 0.15) is 63.6 Å². The standard InChI is InChI=1S/C21H29N3O3/c1-20(2,3)17-5-4-15(12-22-17)14-6-8-24(9-7-14)18(25)16-10-21(11-16)13-27-19(26)23-21/h4-5,12,14,16H,6-11,13H2,1-3H3,(H,23,26). The Hall–Kier alpha value is -2.11. The Morgan fingerprint density at radius 3 is 2.48 bits per heavy atom. The molecule has 0 bridgehead atoms. The van der Waals surface area contributed by atoms with E-state index in [4.69, 9.17) is 4.74 Å². The number of piperidine rings is 1. The van der Waals surface area contributed by atoms with Crippen LogP contribution in [-0.4, -0.2) is 47.1 Å². The number of carbonyl (C=O) groups is 2. The highest BCUT2D eigenvalue weighted by Gasteiger charge is 2.53. The van der Waals surface area contributed by atoms with Crippen LogP contribution in [0.25, 0.3) is 0 Å². The van der Waals surface area contributed by atoms with Crippen LogP contribution in [0.5, 0.6) is 0 Å². The first kappa shape index (κ1) is 18.3. The summed E-state index contributed by atoms with van der Waals surface area (Å²) in [5, 5.41) is 2.86. The summed E-state index contributed by atoms with van der Waals surface area (Å²) in [6, 6.07) is 4.34. The molecule has 1 aliphatic carbocycles. The number of cyclic esters (lactones) is 1. The zero-order valence-electron chi connectivity index (χ0n) is 16.5. The lowest BCUT2D eigenvalue weighted by molar-refractivity contribution is -0.142. The first-order chi connectivity index (χ1) is 12.8. The van der Waals surface area contributed by atoms with Gasteiger partial charge in [-0.3, -0.25) is 9.78 Å². The Morgan fingerprint density at radius 1 is 1.26 bits per heavy atom. The monoisotopic (exact) mass is 371 g/mol. The van der Waals surface area contributed by atoms with Crippen LogP contribution in [0, 0.1) is 5.92 Å². The van der Waals surface area contributed by atoms with Crippen LogP contribution >= 0.6 is 0 Å². The molecule has 1 N–H and O–H groups in total. The normalized spacial score (nSPS) is 28.6. The van der Waals surface area contributed by atoms with Gasteiger partial charge in [-0.25, -0.2) is 4.79 Å². The van der Waals surface area contributed by atoms with Crippen molar-refractivity contribution < 1.29 is 14.3 Å². The van der Waals surface area contributed by atoms with Crippen molar-refractivity contribution in [2.24, 2.45) is 5.92 Å². The van der Waals surface area contributed by atoms with E-state index in [0.717, 1.165) is 31.6 Å². The molecular formula is C21H29N3O3. The van der Waals surface area contributed by atoms with Crippen LogP contribution in [0.4, 0.5) is 4.79 Å². The Kier molecular flexibility index (Phi) is 4.40. The van der Waals surface area contributed by atoms with E-state index in [1.165, 1.54) is 5.56 Å². The fourth-order valence-corrected chi connectivity index (χ4v) is 4.55. The summed E-state index contributed by atoms with van der Waals surface area (Å²) in [6.45, 7) is 8.52. The number of amides is 2. The molecule has 0 aromatic carbocycles. The molecule has 1 spiro atoms. The maximum Gasteiger partial charge on any atom is 0.407 e. The molecule has 3 aliphatic rings. The number of nitrogens with zero attached hydrogens (tertiary/aromatic N) is 2. The molecule has 1 saturated carbocycles. The summed E-state index contributed by atoms with van der Waals surface area (Å²) in [5.41, 5.74) is 2.18. The molecule has 1 aromatic rings. The second kappa shape index (κ2) is 6.50. The van der Waals surface area contributed by atoms with Gasteiger partial charge in [0, 0.05) is 36.3 Å². The summed E-state index contributed by atoms with van der Waals surface area (Å²) in [4.78, 5) is 30.7. The van der Waals surface area contributed by atoms with Crippen LogP contribution in [0.2, 0.25) is 0 Å². The molecule has 3 heterocycles. The van der Waals surface area contributed by atoms with E-state index in [1.54, 1.807) is 0 Å². The third-order valence-corrected chi connectivity index (χ3v) is 6.30. The highest BCUT2D eigenvalue weighted by molar-refractivity contribution is 5.81. The van der Waals surface area contributed by atoms with Gasteiger partial charge in [0.05, 0.1) is 5.54 Å². The molecule has 0 unspecified atom stereocenters. The number of rotatable bonds is 2. The van der Waals surface area contributed by atoms with Gasteiger partial charge in [0.1, 0.15) is 6.61 Å². The molecule has 2 saturated heterocycles. The highest BCUT2D eigenvalue weighted by atomic mass is 16.6.